The minimum atomic E-state index is -0.369. The number of tetrazole rings is 1. The predicted octanol–water partition coefficient (Wildman–Crippen LogP) is 1.49. The Morgan fingerprint density at radius 3 is 3.10 bits per heavy atom. The molecule has 2 N–H and O–H groups in total. The Morgan fingerprint density at radius 2 is 2.35 bits per heavy atom. The molecule has 106 valence electrons. The molecular formula is C13H16FN5O. The van der Waals surface area contributed by atoms with Crippen LogP contribution in [0.25, 0.3) is 11.4 Å². The van der Waals surface area contributed by atoms with Crippen LogP contribution in [0.2, 0.25) is 0 Å². The van der Waals surface area contributed by atoms with Crippen LogP contribution in [0.3, 0.4) is 0 Å². The average Bonchev–Trinajstić information content (AvgIpc) is 2.88. The largest absolute Gasteiger partial charge is 0.398 e. The maximum atomic E-state index is 13.1. The van der Waals surface area contributed by atoms with Gasteiger partial charge in [-0.05, 0) is 41.5 Å². The number of nitrogens with zero attached hydrogens (tertiary/aromatic N) is 4. The van der Waals surface area contributed by atoms with Gasteiger partial charge in [0.25, 0.3) is 0 Å². The number of hydrogen-bond donors (Lipinski definition) is 1. The number of halogens is 1. The summed E-state index contributed by atoms with van der Waals surface area (Å²) >= 11 is 0. The van der Waals surface area contributed by atoms with E-state index >= 15 is 0 Å². The monoisotopic (exact) mass is 277 g/mol. The minimum absolute atomic E-state index is 0.334. The van der Waals surface area contributed by atoms with E-state index in [0.717, 1.165) is 26.1 Å². The molecule has 1 aliphatic heterocycles. The Hall–Kier alpha value is -2.02. The van der Waals surface area contributed by atoms with Crippen LogP contribution in [0.15, 0.2) is 18.2 Å². The Morgan fingerprint density at radius 1 is 1.45 bits per heavy atom. The lowest BCUT2D eigenvalue weighted by atomic mass is 10.0. The van der Waals surface area contributed by atoms with Gasteiger partial charge in [-0.1, -0.05) is 0 Å². The van der Waals surface area contributed by atoms with Crippen molar-refractivity contribution in [2.75, 3.05) is 18.9 Å². The summed E-state index contributed by atoms with van der Waals surface area (Å²) in [5.41, 5.74) is 6.82. The van der Waals surface area contributed by atoms with Crippen molar-refractivity contribution in [2.45, 2.75) is 19.4 Å². The van der Waals surface area contributed by atoms with Crippen molar-refractivity contribution >= 4 is 5.69 Å². The molecule has 1 atom stereocenters. The van der Waals surface area contributed by atoms with Crippen molar-refractivity contribution in [3.8, 4) is 11.4 Å². The van der Waals surface area contributed by atoms with Crippen LogP contribution in [0.5, 0.6) is 0 Å². The van der Waals surface area contributed by atoms with Gasteiger partial charge in [-0.2, -0.15) is 0 Å². The maximum absolute atomic E-state index is 13.1. The minimum Gasteiger partial charge on any atom is -0.398 e. The van der Waals surface area contributed by atoms with E-state index in [1.807, 2.05) is 0 Å². The first-order chi connectivity index (χ1) is 9.74. The third-order valence-corrected chi connectivity index (χ3v) is 3.47. The van der Waals surface area contributed by atoms with Crippen molar-refractivity contribution in [3.05, 3.63) is 24.0 Å². The topological polar surface area (TPSA) is 78.9 Å². The molecule has 0 saturated carbocycles. The molecule has 0 aliphatic carbocycles. The van der Waals surface area contributed by atoms with E-state index in [1.54, 1.807) is 10.7 Å². The molecule has 0 radical (unpaired) electrons. The summed E-state index contributed by atoms with van der Waals surface area (Å²) in [5, 5.41) is 11.7. The first-order valence-corrected chi connectivity index (χ1v) is 6.63. The number of hydrogen-bond acceptors (Lipinski definition) is 5. The van der Waals surface area contributed by atoms with Crippen LogP contribution in [0.1, 0.15) is 12.8 Å². The summed E-state index contributed by atoms with van der Waals surface area (Å²) in [6.07, 6.45) is 2.15. The van der Waals surface area contributed by atoms with E-state index in [4.69, 9.17) is 10.5 Å². The lowest BCUT2D eigenvalue weighted by molar-refractivity contribution is 0.0470. The smallest absolute Gasteiger partial charge is 0.184 e. The summed E-state index contributed by atoms with van der Waals surface area (Å²) in [5.74, 6) is 0.590. The van der Waals surface area contributed by atoms with Gasteiger partial charge in [0.05, 0.1) is 13.2 Å². The highest BCUT2D eigenvalue weighted by atomic mass is 19.1. The summed E-state index contributed by atoms with van der Waals surface area (Å²) in [6.45, 7) is 2.22. The molecule has 1 fully saturated rings. The Labute approximate surface area is 115 Å². The van der Waals surface area contributed by atoms with Gasteiger partial charge in [-0.3, -0.25) is 0 Å². The highest BCUT2D eigenvalue weighted by Gasteiger charge is 2.19. The summed E-state index contributed by atoms with van der Waals surface area (Å²) in [6, 6.07) is 4.23. The van der Waals surface area contributed by atoms with Crippen LogP contribution in [-0.4, -0.2) is 33.4 Å². The number of rotatable bonds is 3. The number of benzene rings is 1. The Bertz CT molecular complexity index is 594. The lowest BCUT2D eigenvalue weighted by Gasteiger charge is -2.22. The second-order valence-corrected chi connectivity index (χ2v) is 5.00. The van der Waals surface area contributed by atoms with Crippen LogP contribution in [-0.2, 0) is 11.3 Å². The summed E-state index contributed by atoms with van der Waals surface area (Å²) in [7, 11) is 0. The molecule has 1 saturated heterocycles. The highest BCUT2D eigenvalue weighted by molar-refractivity contribution is 5.71. The van der Waals surface area contributed by atoms with E-state index in [9.17, 15) is 4.39 Å². The molecule has 1 unspecified atom stereocenters. The van der Waals surface area contributed by atoms with E-state index in [-0.39, 0.29) is 5.82 Å². The number of ether oxygens (including phenoxy) is 1. The molecule has 1 aromatic carbocycles. The van der Waals surface area contributed by atoms with Crippen LogP contribution >= 0.6 is 0 Å². The van der Waals surface area contributed by atoms with Gasteiger partial charge in [-0.25, -0.2) is 9.07 Å². The first-order valence-electron chi connectivity index (χ1n) is 6.63. The molecule has 2 aromatic rings. The van der Waals surface area contributed by atoms with E-state index in [2.05, 4.69) is 15.5 Å². The molecule has 2 heterocycles. The molecule has 1 aromatic heterocycles. The Kier molecular flexibility index (Phi) is 3.60. The number of anilines is 1. The van der Waals surface area contributed by atoms with Crippen LogP contribution < -0.4 is 5.73 Å². The fraction of sp³-hybridized carbons (Fsp3) is 0.462. The van der Waals surface area contributed by atoms with Crippen molar-refractivity contribution in [1.29, 1.82) is 0 Å². The highest BCUT2D eigenvalue weighted by Crippen LogP contribution is 2.25. The van der Waals surface area contributed by atoms with Crippen LogP contribution in [0, 0.1) is 11.7 Å². The zero-order valence-corrected chi connectivity index (χ0v) is 11.0. The SMILES string of the molecule is Nc1cc(F)ccc1-c1nnnn1CC1CCCOC1. The normalized spacial score (nSPS) is 19.1. The van der Waals surface area contributed by atoms with Gasteiger partial charge in [0.15, 0.2) is 5.82 Å². The average molecular weight is 277 g/mol. The summed E-state index contributed by atoms with van der Waals surface area (Å²) in [4.78, 5) is 0. The standard InChI is InChI=1S/C13H16FN5O/c14-10-3-4-11(12(15)6-10)13-16-17-18-19(13)7-9-2-1-5-20-8-9/h3-4,6,9H,1-2,5,7-8,15H2. The molecule has 6 nitrogen and oxygen atoms in total. The number of nitrogen functional groups attached to an aromatic ring is 1. The Balaban J connectivity index is 1.85. The number of nitrogens with two attached hydrogens (primary N) is 1. The predicted molar refractivity (Wildman–Crippen MR) is 71.2 cm³/mol. The van der Waals surface area contributed by atoms with Crippen molar-refractivity contribution in [3.63, 3.8) is 0 Å². The van der Waals surface area contributed by atoms with Gasteiger partial charge in [0.2, 0.25) is 0 Å². The molecule has 1 aliphatic rings. The molecular weight excluding hydrogens is 261 g/mol. The van der Waals surface area contributed by atoms with E-state index < -0.39 is 0 Å². The van der Waals surface area contributed by atoms with Crippen molar-refractivity contribution in [1.82, 2.24) is 20.2 Å². The van der Waals surface area contributed by atoms with Gasteiger partial charge in [0.1, 0.15) is 5.82 Å². The molecule has 7 heteroatoms. The first kappa shape index (κ1) is 13.0. The fourth-order valence-electron chi connectivity index (χ4n) is 2.45. The van der Waals surface area contributed by atoms with E-state index in [0.29, 0.717) is 29.5 Å². The summed E-state index contributed by atoms with van der Waals surface area (Å²) < 4.78 is 20.3. The molecule has 0 bridgehead atoms. The van der Waals surface area contributed by atoms with E-state index in [1.165, 1.54) is 12.1 Å². The van der Waals surface area contributed by atoms with Crippen molar-refractivity contribution in [2.24, 2.45) is 5.92 Å². The second kappa shape index (κ2) is 5.54. The van der Waals surface area contributed by atoms with Gasteiger partial charge >= 0.3 is 0 Å². The number of aromatic nitrogens is 4. The van der Waals surface area contributed by atoms with Gasteiger partial charge in [0, 0.05) is 23.8 Å². The van der Waals surface area contributed by atoms with Gasteiger partial charge in [-0.15, -0.1) is 5.10 Å². The maximum Gasteiger partial charge on any atom is 0.184 e. The van der Waals surface area contributed by atoms with Crippen LogP contribution in [0.4, 0.5) is 10.1 Å². The molecule has 3 rings (SSSR count). The third kappa shape index (κ3) is 2.62. The van der Waals surface area contributed by atoms with Crippen molar-refractivity contribution < 1.29 is 9.13 Å². The zero-order valence-electron chi connectivity index (χ0n) is 11.0. The third-order valence-electron chi connectivity index (χ3n) is 3.47. The zero-order chi connectivity index (χ0) is 13.9. The molecule has 20 heavy (non-hydrogen) atoms. The lowest BCUT2D eigenvalue weighted by Crippen LogP contribution is -2.23. The molecule has 0 spiro atoms. The quantitative estimate of drug-likeness (QED) is 0.860. The second-order valence-electron chi connectivity index (χ2n) is 5.00. The van der Waals surface area contributed by atoms with Gasteiger partial charge < -0.3 is 10.5 Å². The molecule has 0 amide bonds. The fourth-order valence-corrected chi connectivity index (χ4v) is 2.45.